The molecule has 0 aliphatic heterocycles. The summed E-state index contributed by atoms with van der Waals surface area (Å²) in [7, 11) is 0. The van der Waals surface area contributed by atoms with E-state index >= 15 is 0 Å². The van der Waals surface area contributed by atoms with Crippen LogP contribution in [0, 0.1) is 20.8 Å². The quantitative estimate of drug-likeness (QED) is 0.414. The van der Waals surface area contributed by atoms with Gasteiger partial charge in [-0.3, -0.25) is 9.48 Å². The third-order valence-electron chi connectivity index (χ3n) is 5.53. The molecule has 0 bridgehead atoms. The van der Waals surface area contributed by atoms with Crippen molar-refractivity contribution < 1.29 is 13.7 Å². The number of furan rings is 1. The predicted octanol–water partition coefficient (Wildman–Crippen LogP) is 4.58. The molecule has 8 heteroatoms. The SMILES string of the molecule is Cc1cc(-c2cc(C(=O)NCc3cccc(Cn4cccn4)c3)c3c(C)noc3n2)c(C)o1. The summed E-state index contributed by atoms with van der Waals surface area (Å²) in [6.07, 6.45) is 3.68. The minimum Gasteiger partial charge on any atom is -0.466 e. The highest BCUT2D eigenvalue weighted by Gasteiger charge is 2.21. The van der Waals surface area contributed by atoms with Crippen LogP contribution < -0.4 is 5.32 Å². The molecule has 1 N–H and O–H groups in total. The van der Waals surface area contributed by atoms with Crippen LogP contribution in [0.15, 0.2) is 63.8 Å². The summed E-state index contributed by atoms with van der Waals surface area (Å²) in [6, 6.07) is 13.7. The van der Waals surface area contributed by atoms with E-state index in [0.29, 0.717) is 41.1 Å². The van der Waals surface area contributed by atoms with Gasteiger partial charge < -0.3 is 14.3 Å². The van der Waals surface area contributed by atoms with Gasteiger partial charge in [0.1, 0.15) is 11.5 Å². The van der Waals surface area contributed by atoms with Gasteiger partial charge in [-0.25, -0.2) is 4.98 Å². The summed E-state index contributed by atoms with van der Waals surface area (Å²) >= 11 is 0. The van der Waals surface area contributed by atoms with Gasteiger partial charge in [0.25, 0.3) is 11.6 Å². The zero-order valence-electron chi connectivity index (χ0n) is 18.6. The fraction of sp³-hybridized carbons (Fsp3) is 0.200. The Bertz CT molecular complexity index is 1450. The lowest BCUT2D eigenvalue weighted by molar-refractivity contribution is 0.0952. The fourth-order valence-electron chi connectivity index (χ4n) is 3.99. The van der Waals surface area contributed by atoms with E-state index in [-0.39, 0.29) is 5.91 Å². The average Bonchev–Trinajstić information content (AvgIpc) is 3.53. The van der Waals surface area contributed by atoms with Gasteiger partial charge >= 0.3 is 0 Å². The highest BCUT2D eigenvalue weighted by Crippen LogP contribution is 2.30. The zero-order valence-corrected chi connectivity index (χ0v) is 18.6. The van der Waals surface area contributed by atoms with Crippen molar-refractivity contribution in [3.63, 3.8) is 0 Å². The molecule has 0 aliphatic rings. The van der Waals surface area contributed by atoms with Gasteiger partial charge in [-0.15, -0.1) is 0 Å². The van der Waals surface area contributed by atoms with Gasteiger partial charge in [0, 0.05) is 24.5 Å². The number of benzene rings is 1. The molecule has 1 amide bonds. The van der Waals surface area contributed by atoms with Gasteiger partial charge in [0.05, 0.1) is 28.9 Å². The van der Waals surface area contributed by atoms with Crippen LogP contribution in [-0.2, 0) is 13.1 Å². The number of pyridine rings is 1. The number of carbonyl (C=O) groups is 1. The van der Waals surface area contributed by atoms with Gasteiger partial charge in [-0.2, -0.15) is 5.10 Å². The van der Waals surface area contributed by atoms with Crippen LogP contribution in [0.5, 0.6) is 0 Å². The average molecular weight is 441 g/mol. The second kappa shape index (κ2) is 8.38. The van der Waals surface area contributed by atoms with Crippen LogP contribution in [-0.4, -0.2) is 25.8 Å². The minimum atomic E-state index is -0.217. The molecule has 0 aliphatic carbocycles. The van der Waals surface area contributed by atoms with Crippen molar-refractivity contribution in [2.45, 2.75) is 33.9 Å². The first kappa shape index (κ1) is 20.7. The lowest BCUT2D eigenvalue weighted by Crippen LogP contribution is -2.23. The van der Waals surface area contributed by atoms with E-state index in [0.717, 1.165) is 28.2 Å². The normalized spacial score (nSPS) is 11.2. The summed E-state index contributed by atoms with van der Waals surface area (Å²) in [6.45, 7) is 6.61. The number of nitrogens with zero attached hydrogens (tertiary/aromatic N) is 4. The Morgan fingerprint density at radius 1 is 1.09 bits per heavy atom. The van der Waals surface area contributed by atoms with Crippen molar-refractivity contribution in [2.75, 3.05) is 0 Å². The van der Waals surface area contributed by atoms with Crippen molar-refractivity contribution in [1.82, 2.24) is 25.2 Å². The largest absolute Gasteiger partial charge is 0.466 e. The summed E-state index contributed by atoms with van der Waals surface area (Å²) in [5.41, 5.74) is 4.97. The fourth-order valence-corrected chi connectivity index (χ4v) is 3.99. The lowest BCUT2D eigenvalue weighted by atomic mass is 10.0. The van der Waals surface area contributed by atoms with Gasteiger partial charge in [0.2, 0.25) is 0 Å². The molecule has 0 atom stereocenters. The molecule has 4 aromatic heterocycles. The van der Waals surface area contributed by atoms with Crippen LogP contribution in [0.2, 0.25) is 0 Å². The van der Waals surface area contributed by atoms with E-state index in [1.165, 1.54) is 0 Å². The molecular formula is C25H23N5O3. The van der Waals surface area contributed by atoms with Crippen molar-refractivity contribution in [3.05, 3.63) is 88.8 Å². The number of fused-ring (bicyclic) bond motifs is 1. The Balaban J connectivity index is 1.41. The summed E-state index contributed by atoms with van der Waals surface area (Å²) in [4.78, 5) is 17.8. The van der Waals surface area contributed by atoms with E-state index in [4.69, 9.17) is 8.94 Å². The number of amides is 1. The lowest BCUT2D eigenvalue weighted by Gasteiger charge is -2.09. The molecule has 0 saturated carbocycles. The molecule has 0 fully saturated rings. The first-order valence-corrected chi connectivity index (χ1v) is 10.7. The highest BCUT2D eigenvalue weighted by atomic mass is 16.5. The molecular weight excluding hydrogens is 418 g/mol. The number of aromatic nitrogens is 4. The number of hydrogen-bond donors (Lipinski definition) is 1. The summed E-state index contributed by atoms with van der Waals surface area (Å²) in [5.74, 6) is 1.29. The van der Waals surface area contributed by atoms with Gasteiger partial charge in [-0.05, 0) is 50.1 Å². The first-order valence-electron chi connectivity index (χ1n) is 10.7. The molecule has 166 valence electrons. The maximum absolute atomic E-state index is 13.3. The zero-order chi connectivity index (χ0) is 22.9. The molecule has 5 aromatic rings. The van der Waals surface area contributed by atoms with E-state index < -0.39 is 0 Å². The van der Waals surface area contributed by atoms with E-state index in [9.17, 15) is 4.79 Å². The highest BCUT2D eigenvalue weighted by molar-refractivity contribution is 6.07. The number of carbonyl (C=O) groups excluding carboxylic acids is 1. The molecule has 4 heterocycles. The minimum absolute atomic E-state index is 0.217. The van der Waals surface area contributed by atoms with Crippen molar-refractivity contribution >= 4 is 17.0 Å². The first-order chi connectivity index (χ1) is 16.0. The number of hydrogen-bond acceptors (Lipinski definition) is 6. The van der Waals surface area contributed by atoms with Crippen LogP contribution in [0.4, 0.5) is 0 Å². The summed E-state index contributed by atoms with van der Waals surface area (Å²) in [5, 5.41) is 11.9. The maximum atomic E-state index is 13.3. The number of rotatable bonds is 6. The predicted molar refractivity (Wildman–Crippen MR) is 123 cm³/mol. The third-order valence-corrected chi connectivity index (χ3v) is 5.53. The molecule has 0 saturated heterocycles. The number of nitrogens with one attached hydrogen (secondary N) is 1. The van der Waals surface area contributed by atoms with E-state index in [2.05, 4.69) is 26.6 Å². The van der Waals surface area contributed by atoms with Crippen LogP contribution in [0.25, 0.3) is 22.4 Å². The van der Waals surface area contributed by atoms with Crippen LogP contribution in [0.3, 0.4) is 0 Å². The molecule has 33 heavy (non-hydrogen) atoms. The smallest absolute Gasteiger partial charge is 0.259 e. The molecule has 0 radical (unpaired) electrons. The van der Waals surface area contributed by atoms with Crippen molar-refractivity contribution in [2.24, 2.45) is 0 Å². The molecule has 5 rings (SSSR count). The monoisotopic (exact) mass is 441 g/mol. The standard InChI is InChI=1S/C25H23N5O3/c1-15-10-20(17(3)32-15)22-12-21(23-16(2)29-33-25(23)28-22)24(31)26-13-18-6-4-7-19(11-18)14-30-9-5-8-27-30/h4-12H,13-14H2,1-3H3,(H,26,31). The van der Waals surface area contributed by atoms with Gasteiger partial charge in [0.15, 0.2) is 0 Å². The van der Waals surface area contributed by atoms with Crippen molar-refractivity contribution in [3.8, 4) is 11.3 Å². The van der Waals surface area contributed by atoms with Crippen LogP contribution in [0.1, 0.15) is 38.7 Å². The van der Waals surface area contributed by atoms with E-state index in [1.807, 2.05) is 55.1 Å². The Hall–Kier alpha value is -4.20. The van der Waals surface area contributed by atoms with Crippen molar-refractivity contribution in [1.29, 1.82) is 0 Å². The Morgan fingerprint density at radius 3 is 2.70 bits per heavy atom. The Morgan fingerprint density at radius 2 is 1.94 bits per heavy atom. The van der Waals surface area contributed by atoms with Crippen LogP contribution >= 0.6 is 0 Å². The third kappa shape index (κ3) is 4.15. The molecule has 0 unspecified atom stereocenters. The number of aryl methyl sites for hydroxylation is 3. The molecule has 1 aromatic carbocycles. The second-order valence-electron chi connectivity index (χ2n) is 8.04. The summed E-state index contributed by atoms with van der Waals surface area (Å²) < 4.78 is 12.9. The Kier molecular flexibility index (Phi) is 5.26. The van der Waals surface area contributed by atoms with E-state index in [1.54, 1.807) is 19.2 Å². The maximum Gasteiger partial charge on any atom is 0.259 e. The van der Waals surface area contributed by atoms with Gasteiger partial charge in [-0.1, -0.05) is 29.4 Å². The second-order valence-corrected chi connectivity index (χ2v) is 8.04. The molecule has 8 nitrogen and oxygen atoms in total. The Labute approximate surface area is 190 Å². The molecule has 0 spiro atoms. The topological polar surface area (TPSA) is 99.0 Å².